The SMILES string of the molecule is CN(Cc1ccsc1)C1(CN)CCN2CCC1C2. The molecule has 1 aromatic rings. The van der Waals surface area contributed by atoms with Gasteiger partial charge >= 0.3 is 0 Å². The number of piperidine rings is 1. The van der Waals surface area contributed by atoms with Crippen LogP contribution in [-0.4, -0.2) is 48.6 Å². The molecule has 3 atom stereocenters. The van der Waals surface area contributed by atoms with Crippen molar-refractivity contribution >= 4 is 11.3 Å². The number of hydrogen-bond donors (Lipinski definition) is 1. The Balaban J connectivity index is 1.78. The molecule has 0 radical (unpaired) electrons. The van der Waals surface area contributed by atoms with E-state index in [0.29, 0.717) is 0 Å². The molecule has 2 bridgehead atoms. The predicted molar refractivity (Wildman–Crippen MR) is 76.7 cm³/mol. The monoisotopic (exact) mass is 265 g/mol. The third-order valence-corrected chi connectivity index (χ3v) is 5.74. The third-order valence-electron chi connectivity index (χ3n) is 5.01. The summed E-state index contributed by atoms with van der Waals surface area (Å²) >= 11 is 1.78. The Morgan fingerprint density at radius 1 is 1.56 bits per heavy atom. The lowest BCUT2D eigenvalue weighted by molar-refractivity contribution is 0.0213. The molecule has 3 heterocycles. The Morgan fingerprint density at radius 2 is 2.44 bits per heavy atom. The fraction of sp³-hybridized carbons (Fsp3) is 0.714. The molecule has 2 saturated heterocycles. The van der Waals surface area contributed by atoms with Crippen molar-refractivity contribution in [1.82, 2.24) is 9.80 Å². The highest BCUT2D eigenvalue weighted by molar-refractivity contribution is 7.07. The summed E-state index contributed by atoms with van der Waals surface area (Å²) in [6.07, 6.45) is 2.56. The van der Waals surface area contributed by atoms with E-state index < -0.39 is 0 Å². The molecule has 1 aromatic heterocycles. The second-order valence-corrected chi connectivity index (χ2v) is 6.61. The van der Waals surface area contributed by atoms with Crippen LogP contribution in [0.2, 0.25) is 0 Å². The zero-order chi connectivity index (χ0) is 12.6. The first kappa shape index (κ1) is 12.6. The summed E-state index contributed by atoms with van der Waals surface area (Å²) < 4.78 is 0. The second-order valence-electron chi connectivity index (χ2n) is 5.83. The van der Waals surface area contributed by atoms with E-state index >= 15 is 0 Å². The zero-order valence-electron chi connectivity index (χ0n) is 11.1. The lowest BCUT2D eigenvalue weighted by Gasteiger charge is -2.48. The fourth-order valence-corrected chi connectivity index (χ4v) is 4.43. The molecule has 2 N–H and O–H groups in total. The van der Waals surface area contributed by atoms with Gasteiger partial charge in [0.05, 0.1) is 0 Å². The zero-order valence-corrected chi connectivity index (χ0v) is 12.0. The molecule has 2 aliphatic rings. The number of rotatable bonds is 4. The predicted octanol–water partition coefficient (Wildman–Crippen LogP) is 1.60. The van der Waals surface area contributed by atoms with Crippen LogP contribution in [-0.2, 0) is 6.54 Å². The first-order valence-corrected chi connectivity index (χ1v) is 7.83. The Bertz CT molecular complexity index is 392. The van der Waals surface area contributed by atoms with Gasteiger partial charge < -0.3 is 10.6 Å². The highest BCUT2D eigenvalue weighted by Crippen LogP contribution is 2.39. The van der Waals surface area contributed by atoms with Crippen LogP contribution in [0.15, 0.2) is 16.8 Å². The Labute approximate surface area is 114 Å². The Morgan fingerprint density at radius 3 is 3.17 bits per heavy atom. The standard InChI is InChI=1S/C14H23N3S/c1-16(8-12-3-7-18-10-12)14(11-15)4-6-17-5-2-13(14)9-17/h3,7,10,13H,2,4-6,8-9,11,15H2,1H3. The van der Waals surface area contributed by atoms with Gasteiger partial charge in [-0.2, -0.15) is 11.3 Å². The molecule has 0 aliphatic carbocycles. The van der Waals surface area contributed by atoms with E-state index in [0.717, 1.165) is 19.0 Å². The van der Waals surface area contributed by atoms with Crippen LogP contribution < -0.4 is 5.73 Å². The van der Waals surface area contributed by atoms with Crippen LogP contribution in [0.3, 0.4) is 0 Å². The van der Waals surface area contributed by atoms with E-state index in [1.165, 1.54) is 38.0 Å². The van der Waals surface area contributed by atoms with E-state index in [1.807, 2.05) is 0 Å². The van der Waals surface area contributed by atoms with E-state index in [2.05, 4.69) is 33.7 Å². The van der Waals surface area contributed by atoms with Gasteiger partial charge in [-0.05, 0) is 61.3 Å². The number of likely N-dealkylation sites (N-methyl/N-ethyl adjacent to an activating group) is 1. The first-order chi connectivity index (χ1) is 8.74. The summed E-state index contributed by atoms with van der Waals surface area (Å²) in [6.45, 7) is 5.59. The maximum Gasteiger partial charge on any atom is 0.0385 e. The highest BCUT2D eigenvalue weighted by Gasteiger charge is 2.47. The molecule has 3 rings (SSSR count). The van der Waals surface area contributed by atoms with E-state index in [9.17, 15) is 0 Å². The molecule has 2 aliphatic heterocycles. The molecular weight excluding hydrogens is 242 g/mol. The molecule has 0 saturated carbocycles. The number of thiophene rings is 1. The van der Waals surface area contributed by atoms with Gasteiger partial charge in [-0.3, -0.25) is 4.90 Å². The maximum absolute atomic E-state index is 6.20. The van der Waals surface area contributed by atoms with Gasteiger partial charge in [0.25, 0.3) is 0 Å². The number of fused-ring (bicyclic) bond motifs is 2. The highest BCUT2D eigenvalue weighted by atomic mass is 32.1. The molecule has 0 amide bonds. The largest absolute Gasteiger partial charge is 0.329 e. The summed E-state index contributed by atoms with van der Waals surface area (Å²) in [5.41, 5.74) is 7.85. The second kappa shape index (κ2) is 4.93. The van der Waals surface area contributed by atoms with Gasteiger partial charge in [-0.1, -0.05) is 0 Å². The average molecular weight is 265 g/mol. The van der Waals surface area contributed by atoms with Gasteiger partial charge in [0.1, 0.15) is 0 Å². The molecule has 100 valence electrons. The molecule has 2 fully saturated rings. The number of nitrogens with zero attached hydrogens (tertiary/aromatic N) is 2. The Hall–Kier alpha value is -0.420. The van der Waals surface area contributed by atoms with Crippen molar-refractivity contribution < 1.29 is 0 Å². The smallest absolute Gasteiger partial charge is 0.0385 e. The molecule has 0 aromatic carbocycles. The summed E-state index contributed by atoms with van der Waals surface area (Å²) in [4.78, 5) is 5.12. The van der Waals surface area contributed by atoms with E-state index in [1.54, 1.807) is 11.3 Å². The van der Waals surface area contributed by atoms with Crippen LogP contribution in [0.4, 0.5) is 0 Å². The summed E-state index contributed by atoms with van der Waals surface area (Å²) in [5, 5.41) is 4.42. The minimum absolute atomic E-state index is 0.231. The molecule has 3 nitrogen and oxygen atoms in total. The van der Waals surface area contributed by atoms with Gasteiger partial charge in [0.15, 0.2) is 0 Å². The lowest BCUT2D eigenvalue weighted by atomic mass is 9.77. The lowest BCUT2D eigenvalue weighted by Crippen LogP contribution is -2.60. The van der Waals surface area contributed by atoms with Gasteiger partial charge in [-0.15, -0.1) is 0 Å². The van der Waals surface area contributed by atoms with Crippen molar-refractivity contribution in [2.24, 2.45) is 11.7 Å². The summed E-state index contributed by atoms with van der Waals surface area (Å²) in [7, 11) is 2.26. The molecule has 18 heavy (non-hydrogen) atoms. The Kier molecular flexibility index (Phi) is 3.45. The van der Waals surface area contributed by atoms with Crippen molar-refractivity contribution in [2.75, 3.05) is 33.2 Å². The molecular formula is C14H23N3S. The van der Waals surface area contributed by atoms with Crippen LogP contribution in [0.25, 0.3) is 0 Å². The van der Waals surface area contributed by atoms with Crippen molar-refractivity contribution in [1.29, 1.82) is 0 Å². The average Bonchev–Trinajstić information content (AvgIpc) is 3.01. The van der Waals surface area contributed by atoms with Crippen molar-refractivity contribution in [2.45, 2.75) is 24.9 Å². The van der Waals surface area contributed by atoms with Gasteiger partial charge in [0.2, 0.25) is 0 Å². The number of nitrogens with two attached hydrogens (primary N) is 1. The minimum Gasteiger partial charge on any atom is -0.329 e. The van der Waals surface area contributed by atoms with Crippen molar-refractivity contribution in [3.8, 4) is 0 Å². The van der Waals surface area contributed by atoms with E-state index in [4.69, 9.17) is 5.73 Å². The minimum atomic E-state index is 0.231. The molecule has 3 unspecified atom stereocenters. The summed E-state index contributed by atoms with van der Waals surface area (Å²) in [5.74, 6) is 0.764. The fourth-order valence-electron chi connectivity index (χ4n) is 3.77. The van der Waals surface area contributed by atoms with Gasteiger partial charge in [-0.25, -0.2) is 0 Å². The first-order valence-electron chi connectivity index (χ1n) is 6.89. The van der Waals surface area contributed by atoms with Crippen molar-refractivity contribution in [3.63, 3.8) is 0 Å². The number of hydrogen-bond acceptors (Lipinski definition) is 4. The topological polar surface area (TPSA) is 32.5 Å². The van der Waals surface area contributed by atoms with Crippen LogP contribution >= 0.6 is 11.3 Å². The molecule has 0 spiro atoms. The van der Waals surface area contributed by atoms with Gasteiger partial charge in [0, 0.05) is 25.2 Å². The van der Waals surface area contributed by atoms with Crippen LogP contribution in [0.5, 0.6) is 0 Å². The summed E-state index contributed by atoms with van der Waals surface area (Å²) in [6, 6.07) is 2.23. The van der Waals surface area contributed by atoms with E-state index in [-0.39, 0.29) is 5.54 Å². The normalized spacial score (nSPS) is 35.3. The maximum atomic E-state index is 6.20. The van der Waals surface area contributed by atoms with Crippen molar-refractivity contribution in [3.05, 3.63) is 22.4 Å². The molecule has 4 heteroatoms. The third kappa shape index (κ3) is 2.01. The van der Waals surface area contributed by atoms with Crippen LogP contribution in [0, 0.1) is 5.92 Å². The van der Waals surface area contributed by atoms with Crippen LogP contribution in [0.1, 0.15) is 18.4 Å². The quantitative estimate of drug-likeness (QED) is 0.897.